The number of imidazole rings is 1. The lowest BCUT2D eigenvalue weighted by Crippen LogP contribution is -2.26. The predicted octanol–water partition coefficient (Wildman–Crippen LogP) is 1.11. The van der Waals surface area contributed by atoms with Crippen molar-refractivity contribution in [1.82, 2.24) is 15.3 Å². The SMILES string of the molecule is CC(C)CC(=O)NCCc1ncc[nH]1. The lowest BCUT2D eigenvalue weighted by atomic mass is 10.1. The van der Waals surface area contributed by atoms with Gasteiger partial charge in [0, 0.05) is 31.8 Å². The van der Waals surface area contributed by atoms with Crippen molar-refractivity contribution in [3.05, 3.63) is 18.2 Å². The minimum Gasteiger partial charge on any atom is -0.356 e. The molecule has 0 bridgehead atoms. The Kier molecular flexibility index (Phi) is 4.16. The first kappa shape index (κ1) is 10.8. The van der Waals surface area contributed by atoms with E-state index in [4.69, 9.17) is 0 Å². The van der Waals surface area contributed by atoms with E-state index in [2.05, 4.69) is 15.3 Å². The fourth-order valence-corrected chi connectivity index (χ4v) is 1.20. The molecule has 0 fully saturated rings. The summed E-state index contributed by atoms with van der Waals surface area (Å²) in [5, 5.41) is 2.85. The van der Waals surface area contributed by atoms with Gasteiger partial charge in [0.25, 0.3) is 0 Å². The molecule has 2 N–H and O–H groups in total. The van der Waals surface area contributed by atoms with Gasteiger partial charge in [-0.1, -0.05) is 13.8 Å². The molecule has 1 amide bonds. The Balaban J connectivity index is 2.12. The maximum atomic E-state index is 11.2. The van der Waals surface area contributed by atoms with Crippen LogP contribution in [0.3, 0.4) is 0 Å². The maximum absolute atomic E-state index is 11.2. The molecular weight excluding hydrogens is 178 g/mol. The summed E-state index contributed by atoms with van der Waals surface area (Å²) in [4.78, 5) is 18.3. The Hall–Kier alpha value is -1.32. The van der Waals surface area contributed by atoms with E-state index in [1.807, 2.05) is 13.8 Å². The van der Waals surface area contributed by atoms with E-state index in [1.54, 1.807) is 12.4 Å². The summed E-state index contributed by atoms with van der Waals surface area (Å²) in [7, 11) is 0. The fourth-order valence-electron chi connectivity index (χ4n) is 1.20. The standard InChI is InChI=1S/C10H17N3O/c1-8(2)7-10(14)13-4-3-9-11-5-6-12-9/h5-6,8H,3-4,7H2,1-2H3,(H,11,12)(H,13,14). The molecule has 0 aromatic carbocycles. The van der Waals surface area contributed by atoms with Crippen LogP contribution in [0, 0.1) is 5.92 Å². The molecule has 1 rings (SSSR count). The zero-order chi connectivity index (χ0) is 10.4. The third-order valence-electron chi connectivity index (χ3n) is 1.83. The Morgan fingerprint density at radius 2 is 2.43 bits per heavy atom. The highest BCUT2D eigenvalue weighted by atomic mass is 16.1. The minimum atomic E-state index is 0.117. The van der Waals surface area contributed by atoms with Crippen LogP contribution in [-0.4, -0.2) is 22.4 Å². The normalized spacial score (nSPS) is 10.5. The average Bonchev–Trinajstić information content (AvgIpc) is 2.55. The van der Waals surface area contributed by atoms with Crippen LogP contribution in [-0.2, 0) is 11.2 Å². The number of carbonyl (C=O) groups excluding carboxylic acids is 1. The number of hydrogen-bond acceptors (Lipinski definition) is 2. The number of H-pyrrole nitrogens is 1. The summed E-state index contributed by atoms with van der Waals surface area (Å²) >= 11 is 0. The van der Waals surface area contributed by atoms with Gasteiger partial charge >= 0.3 is 0 Å². The molecule has 1 aromatic rings. The van der Waals surface area contributed by atoms with Crippen molar-refractivity contribution in [2.45, 2.75) is 26.7 Å². The predicted molar refractivity (Wildman–Crippen MR) is 54.8 cm³/mol. The fraction of sp³-hybridized carbons (Fsp3) is 0.600. The monoisotopic (exact) mass is 195 g/mol. The van der Waals surface area contributed by atoms with Crippen LogP contribution >= 0.6 is 0 Å². The zero-order valence-electron chi connectivity index (χ0n) is 8.71. The van der Waals surface area contributed by atoms with E-state index in [0.717, 1.165) is 12.2 Å². The van der Waals surface area contributed by atoms with Crippen LogP contribution in [0.25, 0.3) is 0 Å². The van der Waals surface area contributed by atoms with Gasteiger partial charge < -0.3 is 10.3 Å². The lowest BCUT2D eigenvalue weighted by molar-refractivity contribution is -0.121. The van der Waals surface area contributed by atoms with Crippen LogP contribution in [0.2, 0.25) is 0 Å². The Labute approximate surface area is 84.1 Å². The van der Waals surface area contributed by atoms with E-state index in [-0.39, 0.29) is 5.91 Å². The summed E-state index contributed by atoms with van der Waals surface area (Å²) in [5.74, 6) is 1.44. The van der Waals surface area contributed by atoms with Crippen LogP contribution < -0.4 is 5.32 Å². The molecule has 0 aliphatic heterocycles. The molecule has 0 atom stereocenters. The van der Waals surface area contributed by atoms with Crippen LogP contribution in [0.1, 0.15) is 26.1 Å². The van der Waals surface area contributed by atoms with Gasteiger partial charge in [0.05, 0.1) is 0 Å². The van der Waals surface area contributed by atoms with E-state index in [9.17, 15) is 4.79 Å². The molecule has 0 aliphatic rings. The second-order valence-electron chi connectivity index (χ2n) is 3.73. The Bertz CT molecular complexity index is 267. The largest absolute Gasteiger partial charge is 0.356 e. The van der Waals surface area contributed by atoms with E-state index < -0.39 is 0 Å². The van der Waals surface area contributed by atoms with Gasteiger partial charge in [0.15, 0.2) is 0 Å². The molecule has 0 unspecified atom stereocenters. The molecule has 1 heterocycles. The number of hydrogen-bond donors (Lipinski definition) is 2. The van der Waals surface area contributed by atoms with Gasteiger partial charge in [0.2, 0.25) is 5.91 Å². The number of nitrogens with zero attached hydrogens (tertiary/aromatic N) is 1. The number of amides is 1. The Morgan fingerprint density at radius 3 is 3.00 bits per heavy atom. The summed E-state index contributed by atoms with van der Waals surface area (Å²) < 4.78 is 0. The highest BCUT2D eigenvalue weighted by Gasteiger charge is 2.03. The van der Waals surface area contributed by atoms with Gasteiger partial charge in [-0.15, -0.1) is 0 Å². The van der Waals surface area contributed by atoms with Gasteiger partial charge in [-0.3, -0.25) is 4.79 Å². The molecule has 78 valence electrons. The van der Waals surface area contributed by atoms with Crippen molar-refractivity contribution in [3.63, 3.8) is 0 Å². The van der Waals surface area contributed by atoms with E-state index >= 15 is 0 Å². The quantitative estimate of drug-likeness (QED) is 0.739. The molecular formula is C10H17N3O. The van der Waals surface area contributed by atoms with Crippen molar-refractivity contribution in [2.75, 3.05) is 6.54 Å². The zero-order valence-corrected chi connectivity index (χ0v) is 8.71. The first-order valence-corrected chi connectivity index (χ1v) is 4.93. The van der Waals surface area contributed by atoms with E-state index in [1.165, 1.54) is 0 Å². The average molecular weight is 195 g/mol. The molecule has 4 nitrogen and oxygen atoms in total. The molecule has 4 heteroatoms. The highest BCUT2D eigenvalue weighted by molar-refractivity contribution is 5.75. The maximum Gasteiger partial charge on any atom is 0.220 e. The molecule has 0 saturated carbocycles. The van der Waals surface area contributed by atoms with Crippen LogP contribution in [0.5, 0.6) is 0 Å². The molecule has 0 saturated heterocycles. The molecule has 0 aliphatic carbocycles. The number of aromatic amines is 1. The van der Waals surface area contributed by atoms with Crippen molar-refractivity contribution in [1.29, 1.82) is 0 Å². The van der Waals surface area contributed by atoms with Crippen molar-refractivity contribution in [2.24, 2.45) is 5.92 Å². The van der Waals surface area contributed by atoms with Gasteiger partial charge in [0.1, 0.15) is 5.82 Å². The van der Waals surface area contributed by atoms with E-state index in [0.29, 0.717) is 18.9 Å². The minimum absolute atomic E-state index is 0.117. The van der Waals surface area contributed by atoms with Crippen molar-refractivity contribution < 1.29 is 4.79 Å². The van der Waals surface area contributed by atoms with Gasteiger partial charge in [-0.25, -0.2) is 4.98 Å². The number of carbonyl (C=O) groups is 1. The lowest BCUT2D eigenvalue weighted by Gasteiger charge is -2.05. The number of rotatable bonds is 5. The first-order chi connectivity index (χ1) is 6.68. The Morgan fingerprint density at radius 1 is 1.64 bits per heavy atom. The van der Waals surface area contributed by atoms with Crippen LogP contribution in [0.15, 0.2) is 12.4 Å². The van der Waals surface area contributed by atoms with Gasteiger partial charge in [-0.2, -0.15) is 0 Å². The summed E-state index contributed by atoms with van der Waals surface area (Å²) in [6.07, 6.45) is 4.85. The smallest absolute Gasteiger partial charge is 0.220 e. The van der Waals surface area contributed by atoms with Crippen LogP contribution in [0.4, 0.5) is 0 Å². The first-order valence-electron chi connectivity index (χ1n) is 4.93. The second-order valence-corrected chi connectivity index (χ2v) is 3.73. The number of nitrogens with one attached hydrogen (secondary N) is 2. The third-order valence-corrected chi connectivity index (χ3v) is 1.83. The summed E-state index contributed by atoms with van der Waals surface area (Å²) in [6, 6.07) is 0. The number of aromatic nitrogens is 2. The third kappa shape index (κ3) is 4.07. The topological polar surface area (TPSA) is 57.8 Å². The van der Waals surface area contributed by atoms with Crippen molar-refractivity contribution >= 4 is 5.91 Å². The van der Waals surface area contributed by atoms with Gasteiger partial charge in [-0.05, 0) is 5.92 Å². The molecule has 0 spiro atoms. The molecule has 0 radical (unpaired) electrons. The van der Waals surface area contributed by atoms with Crippen molar-refractivity contribution in [3.8, 4) is 0 Å². The summed E-state index contributed by atoms with van der Waals surface area (Å²) in [6.45, 7) is 4.72. The second kappa shape index (κ2) is 5.42. The molecule has 14 heavy (non-hydrogen) atoms. The highest BCUT2D eigenvalue weighted by Crippen LogP contribution is 1.98. The molecule has 1 aromatic heterocycles. The summed E-state index contributed by atoms with van der Waals surface area (Å²) in [5.41, 5.74) is 0.